The predicted octanol–water partition coefficient (Wildman–Crippen LogP) is 0.186. The molecule has 0 amide bonds. The Balaban J connectivity index is 2.42. The summed E-state index contributed by atoms with van der Waals surface area (Å²) in [5.74, 6) is -0.611. The van der Waals surface area contributed by atoms with E-state index in [-0.39, 0.29) is 11.5 Å². The van der Waals surface area contributed by atoms with Crippen molar-refractivity contribution in [3.63, 3.8) is 0 Å². The van der Waals surface area contributed by atoms with Gasteiger partial charge in [0.2, 0.25) is 0 Å². The number of aliphatic hydroxyl groups excluding tert-OH is 2. The van der Waals surface area contributed by atoms with Gasteiger partial charge in [-0.3, -0.25) is 9.36 Å². The Bertz CT molecular complexity index is 701. The average Bonchev–Trinajstić information content (AvgIpc) is 3.12. The minimum atomic E-state index is -1.85. The Labute approximate surface area is 142 Å². The lowest BCUT2D eigenvalue weighted by Crippen LogP contribution is -2.30. The van der Waals surface area contributed by atoms with Crippen LogP contribution in [0.25, 0.3) is 10.4 Å². The second-order valence-corrected chi connectivity index (χ2v) is 5.53. The minimum absolute atomic E-state index is 0.00900. The third kappa shape index (κ3) is 3.94. The van der Waals surface area contributed by atoms with E-state index in [1.807, 2.05) is 0 Å². The molecule has 1 saturated heterocycles. The Morgan fingerprint density at radius 1 is 1.64 bits per heavy atom. The summed E-state index contributed by atoms with van der Waals surface area (Å²) in [4.78, 5) is 24.2. The number of carbonyl (C=O) groups is 1. The first-order chi connectivity index (χ1) is 11.9. The molecule has 2 heterocycles. The van der Waals surface area contributed by atoms with E-state index >= 15 is 0 Å². The van der Waals surface area contributed by atoms with E-state index in [0.717, 1.165) is 10.9 Å². The second kappa shape index (κ2) is 8.03. The van der Waals surface area contributed by atoms with Crippen LogP contribution in [0.3, 0.4) is 0 Å². The van der Waals surface area contributed by atoms with Crippen molar-refractivity contribution in [1.82, 2.24) is 14.5 Å². The third-order valence-corrected chi connectivity index (χ3v) is 3.47. The number of ketones is 1. The summed E-state index contributed by atoms with van der Waals surface area (Å²) in [5, 5.41) is 22.1. The molecule has 1 aromatic rings. The van der Waals surface area contributed by atoms with E-state index in [0.29, 0.717) is 0 Å². The molecular formula is C13H18FN7O4. The molecule has 0 unspecified atom stereocenters. The molecule has 0 spiro atoms. The molecule has 0 aliphatic carbocycles. The molecule has 1 aliphatic heterocycles. The van der Waals surface area contributed by atoms with Gasteiger partial charge in [0.05, 0.1) is 25.8 Å². The second-order valence-electron chi connectivity index (χ2n) is 5.53. The summed E-state index contributed by atoms with van der Waals surface area (Å²) in [7, 11) is 3.39. The molecule has 12 heteroatoms. The summed E-state index contributed by atoms with van der Waals surface area (Å²) < 4.78 is 20.8. The van der Waals surface area contributed by atoms with Gasteiger partial charge >= 0.3 is 0 Å². The Hall–Kier alpha value is -2.53. The highest BCUT2D eigenvalue weighted by Gasteiger charge is 2.45. The fraction of sp³-hybridized carbons (Fsp3) is 0.615. The first-order valence-electron chi connectivity index (χ1n) is 7.30. The van der Waals surface area contributed by atoms with Crippen LogP contribution in [0.1, 0.15) is 16.7 Å². The van der Waals surface area contributed by atoms with Crippen LogP contribution in [0.4, 0.5) is 10.2 Å². The van der Waals surface area contributed by atoms with Crippen LogP contribution in [0, 0.1) is 0 Å². The van der Waals surface area contributed by atoms with Crippen LogP contribution >= 0.6 is 0 Å². The molecule has 0 saturated carbocycles. The van der Waals surface area contributed by atoms with E-state index in [2.05, 4.69) is 20.0 Å². The fourth-order valence-electron chi connectivity index (χ4n) is 2.28. The van der Waals surface area contributed by atoms with Crippen LogP contribution in [0.15, 0.2) is 16.4 Å². The van der Waals surface area contributed by atoms with Gasteiger partial charge in [0.1, 0.15) is 12.2 Å². The van der Waals surface area contributed by atoms with Gasteiger partial charge in [-0.2, -0.15) is 0 Å². The number of nitrogens with zero attached hydrogens (tertiary/aromatic N) is 7. The van der Waals surface area contributed by atoms with Crippen LogP contribution in [-0.2, 0) is 4.74 Å². The van der Waals surface area contributed by atoms with Gasteiger partial charge < -0.3 is 19.8 Å². The smallest absolute Gasteiger partial charge is 0.190 e. The van der Waals surface area contributed by atoms with Gasteiger partial charge in [0.25, 0.3) is 0 Å². The van der Waals surface area contributed by atoms with E-state index in [4.69, 9.17) is 15.4 Å². The highest BCUT2D eigenvalue weighted by Crippen LogP contribution is 2.35. The first-order valence-corrected chi connectivity index (χ1v) is 7.30. The van der Waals surface area contributed by atoms with Crippen molar-refractivity contribution >= 4 is 17.9 Å². The molecule has 4 atom stereocenters. The standard InChI is InChI=1S/C13H18FN7O4/c1-20(2)5-17-12-10(7(23)3-18-19-15)16-6-21(12)13-9(14)11(24)8(4-22)25-13/h5-6,8-9,11,13,22,24H,3-4H2,1-2H3/t8-,9+,11-,13-/m1/s1. The molecule has 11 nitrogen and oxygen atoms in total. The van der Waals surface area contributed by atoms with Crippen LogP contribution in [0.5, 0.6) is 0 Å². The molecule has 1 fully saturated rings. The highest BCUT2D eigenvalue weighted by molar-refractivity contribution is 6.00. The number of ether oxygens (including phenoxy) is 1. The lowest BCUT2D eigenvalue weighted by Gasteiger charge is -2.16. The average molecular weight is 355 g/mol. The molecule has 2 rings (SSSR count). The fourth-order valence-corrected chi connectivity index (χ4v) is 2.28. The quantitative estimate of drug-likeness (QED) is 0.178. The summed E-state index contributed by atoms with van der Waals surface area (Å²) >= 11 is 0. The Kier molecular flexibility index (Phi) is 6.04. The van der Waals surface area contributed by atoms with Gasteiger partial charge in [-0.1, -0.05) is 5.11 Å². The van der Waals surface area contributed by atoms with E-state index in [1.165, 1.54) is 6.34 Å². The topological polar surface area (TPSA) is 149 Å². The number of hydrogen-bond donors (Lipinski definition) is 2. The van der Waals surface area contributed by atoms with Crippen LogP contribution < -0.4 is 0 Å². The maximum absolute atomic E-state index is 14.3. The van der Waals surface area contributed by atoms with E-state index < -0.39 is 43.5 Å². The Morgan fingerprint density at radius 3 is 2.92 bits per heavy atom. The largest absolute Gasteiger partial charge is 0.394 e. The van der Waals surface area contributed by atoms with Gasteiger partial charge in [-0.05, 0) is 5.53 Å². The number of aliphatic hydroxyl groups is 2. The number of aliphatic imine (C=N–C) groups is 1. The van der Waals surface area contributed by atoms with Gasteiger partial charge in [-0.15, -0.1) is 0 Å². The number of imidazole rings is 1. The third-order valence-electron chi connectivity index (χ3n) is 3.47. The number of alkyl halides is 1. The molecule has 136 valence electrons. The number of Topliss-reactive ketones (excluding diaryl/α,β-unsaturated/α-hetero) is 1. The molecule has 2 N–H and O–H groups in total. The summed E-state index contributed by atoms with van der Waals surface area (Å²) in [6.07, 6.45) is -3.26. The number of rotatable bonds is 7. The number of aromatic nitrogens is 2. The summed E-state index contributed by atoms with van der Waals surface area (Å²) in [6.45, 7) is -1.03. The predicted molar refractivity (Wildman–Crippen MR) is 84.3 cm³/mol. The zero-order valence-corrected chi connectivity index (χ0v) is 13.6. The number of azide groups is 1. The normalized spacial score (nSPS) is 26.0. The van der Waals surface area contributed by atoms with Crippen molar-refractivity contribution in [2.45, 2.75) is 24.6 Å². The van der Waals surface area contributed by atoms with Crippen molar-refractivity contribution in [2.75, 3.05) is 27.2 Å². The molecule has 25 heavy (non-hydrogen) atoms. The molecule has 1 aromatic heterocycles. The number of hydrogen-bond acceptors (Lipinski definition) is 7. The number of carbonyl (C=O) groups excluding carboxylic acids is 1. The summed E-state index contributed by atoms with van der Waals surface area (Å²) in [6, 6.07) is 0. The first kappa shape index (κ1) is 18.8. The van der Waals surface area contributed by atoms with Crippen molar-refractivity contribution in [3.8, 4) is 0 Å². The monoisotopic (exact) mass is 355 g/mol. The molecule has 1 aliphatic rings. The maximum Gasteiger partial charge on any atom is 0.190 e. The summed E-state index contributed by atoms with van der Waals surface area (Å²) in [5.41, 5.74) is 8.21. The Morgan fingerprint density at radius 2 is 2.36 bits per heavy atom. The zero-order valence-electron chi connectivity index (χ0n) is 13.6. The van der Waals surface area contributed by atoms with Crippen molar-refractivity contribution in [1.29, 1.82) is 0 Å². The molecule has 0 radical (unpaired) electrons. The van der Waals surface area contributed by atoms with Gasteiger partial charge in [0.15, 0.2) is 29.7 Å². The van der Waals surface area contributed by atoms with Crippen molar-refractivity contribution < 1.29 is 24.1 Å². The van der Waals surface area contributed by atoms with Crippen molar-refractivity contribution in [3.05, 3.63) is 22.5 Å². The minimum Gasteiger partial charge on any atom is -0.394 e. The maximum atomic E-state index is 14.3. The van der Waals surface area contributed by atoms with Crippen LogP contribution in [0.2, 0.25) is 0 Å². The molecule has 0 bridgehead atoms. The van der Waals surface area contributed by atoms with E-state index in [1.54, 1.807) is 19.0 Å². The van der Waals surface area contributed by atoms with Crippen LogP contribution in [-0.4, -0.2) is 82.4 Å². The lowest BCUT2D eigenvalue weighted by molar-refractivity contribution is -0.0466. The van der Waals surface area contributed by atoms with Gasteiger partial charge in [0, 0.05) is 19.0 Å². The molecule has 0 aromatic carbocycles. The zero-order chi connectivity index (χ0) is 18.6. The van der Waals surface area contributed by atoms with E-state index in [9.17, 15) is 14.3 Å². The number of halogens is 1. The van der Waals surface area contributed by atoms with Crippen molar-refractivity contribution in [2.24, 2.45) is 10.1 Å². The van der Waals surface area contributed by atoms with Gasteiger partial charge in [-0.25, -0.2) is 14.4 Å². The highest BCUT2D eigenvalue weighted by atomic mass is 19.1. The SMILES string of the molecule is CN(C)C=Nc1c(C(=O)CN=[N+]=[N-])ncn1[C@@H]1O[C@H](CO)[C@@H](O)[C@@H]1F. The lowest BCUT2D eigenvalue weighted by atomic mass is 10.1. The molecular weight excluding hydrogens is 337 g/mol.